The van der Waals surface area contributed by atoms with Crippen molar-refractivity contribution < 1.29 is 19.2 Å². The van der Waals surface area contributed by atoms with Crippen molar-refractivity contribution in [3.63, 3.8) is 0 Å². The summed E-state index contributed by atoms with van der Waals surface area (Å²) in [6.45, 7) is 4.53. The quantitative estimate of drug-likeness (QED) is 0.0549. The van der Waals surface area contributed by atoms with Gasteiger partial charge in [0, 0.05) is 23.3 Å². The van der Waals surface area contributed by atoms with Crippen LogP contribution < -0.4 is 9.80 Å². The van der Waals surface area contributed by atoms with Crippen LogP contribution in [0.1, 0.15) is 206 Å². The Hall–Kier alpha value is -3.02. The van der Waals surface area contributed by atoms with Crippen molar-refractivity contribution in [1.82, 2.24) is 0 Å². The fraction of sp³-hybridized carbons (Fsp3) is 0.696. The number of anilines is 2. The Morgan fingerprint density at radius 1 is 0.365 bits per heavy atom. The van der Waals surface area contributed by atoms with Gasteiger partial charge in [0.1, 0.15) is 0 Å². The molecular formula is C46H72N2O4. The predicted octanol–water partition coefficient (Wildman–Crippen LogP) is 13.0. The van der Waals surface area contributed by atoms with Crippen LogP contribution in [0.2, 0.25) is 0 Å². The highest BCUT2D eigenvalue weighted by Gasteiger charge is 2.38. The highest BCUT2D eigenvalue weighted by Crippen LogP contribution is 2.36. The summed E-state index contributed by atoms with van der Waals surface area (Å²) in [6.07, 6.45) is 39.5. The lowest BCUT2D eigenvalue weighted by molar-refractivity contribution is -0.122. The smallest absolute Gasteiger partial charge is 0.261 e. The third kappa shape index (κ3) is 15.5. The van der Waals surface area contributed by atoms with Crippen molar-refractivity contribution in [2.45, 2.75) is 206 Å². The molecule has 0 N–H and O–H groups in total. The Labute approximate surface area is 317 Å². The van der Waals surface area contributed by atoms with E-state index in [-0.39, 0.29) is 23.2 Å². The van der Waals surface area contributed by atoms with Crippen LogP contribution in [0, 0.1) is 0 Å². The topological polar surface area (TPSA) is 74.8 Å². The second kappa shape index (κ2) is 26.7. The second-order valence-corrected chi connectivity index (χ2v) is 15.5. The molecule has 0 spiro atoms. The van der Waals surface area contributed by atoms with Gasteiger partial charge in [-0.15, -0.1) is 0 Å². The number of nitrogens with zero attached hydrogens (tertiary/aromatic N) is 2. The first-order chi connectivity index (χ1) is 25.5. The highest BCUT2D eigenvalue weighted by molar-refractivity contribution is 6.35. The van der Waals surface area contributed by atoms with E-state index in [1.165, 1.54) is 153 Å². The summed E-state index contributed by atoms with van der Waals surface area (Å²) >= 11 is 0. The average Bonchev–Trinajstić information content (AvgIpc) is 3.59. The van der Waals surface area contributed by atoms with E-state index >= 15 is 0 Å². The molecule has 0 saturated heterocycles. The van der Waals surface area contributed by atoms with Crippen LogP contribution in [0.25, 0.3) is 0 Å². The van der Waals surface area contributed by atoms with Crippen LogP contribution in [0.3, 0.4) is 0 Å². The van der Waals surface area contributed by atoms with E-state index in [1.807, 2.05) is 0 Å². The molecule has 1 aromatic rings. The van der Waals surface area contributed by atoms with Crippen molar-refractivity contribution in [3.8, 4) is 0 Å². The van der Waals surface area contributed by atoms with Gasteiger partial charge in [0.05, 0.1) is 11.4 Å². The molecule has 0 unspecified atom stereocenters. The van der Waals surface area contributed by atoms with Crippen LogP contribution in [0.4, 0.5) is 11.4 Å². The van der Waals surface area contributed by atoms with Crippen molar-refractivity contribution in [1.29, 1.82) is 0 Å². The highest BCUT2D eigenvalue weighted by atomic mass is 16.2. The molecule has 3 rings (SSSR count). The number of carbonyl (C=O) groups is 4. The molecule has 0 saturated carbocycles. The molecule has 290 valence electrons. The number of amides is 4. The van der Waals surface area contributed by atoms with E-state index in [1.54, 1.807) is 24.3 Å². The Kier molecular flexibility index (Phi) is 22.3. The van der Waals surface area contributed by atoms with Gasteiger partial charge in [0.15, 0.2) is 0 Å². The molecule has 52 heavy (non-hydrogen) atoms. The zero-order valence-corrected chi connectivity index (χ0v) is 33.2. The van der Waals surface area contributed by atoms with Crippen LogP contribution in [0.15, 0.2) is 47.6 Å². The summed E-state index contributed by atoms with van der Waals surface area (Å²) in [5, 5.41) is 0. The average molecular weight is 717 g/mol. The van der Waals surface area contributed by atoms with Gasteiger partial charge in [-0.2, -0.15) is 0 Å². The maximum atomic E-state index is 13.5. The van der Waals surface area contributed by atoms with Crippen molar-refractivity contribution in [3.05, 3.63) is 47.6 Å². The zero-order chi connectivity index (χ0) is 37.2. The number of rotatable bonds is 32. The molecule has 0 fully saturated rings. The van der Waals surface area contributed by atoms with Crippen molar-refractivity contribution >= 4 is 35.0 Å². The molecular weight excluding hydrogens is 645 g/mol. The third-order valence-corrected chi connectivity index (χ3v) is 11.0. The summed E-state index contributed by atoms with van der Waals surface area (Å²) in [5.74, 6) is -1.51. The minimum Gasteiger partial charge on any atom is -0.269 e. The van der Waals surface area contributed by atoms with Crippen LogP contribution in [-0.4, -0.2) is 23.6 Å². The van der Waals surface area contributed by atoms with E-state index in [2.05, 4.69) is 13.8 Å². The first-order valence-corrected chi connectivity index (χ1v) is 21.8. The van der Waals surface area contributed by atoms with Gasteiger partial charge in [-0.25, -0.2) is 9.80 Å². The Morgan fingerprint density at radius 3 is 0.885 bits per heavy atom. The molecule has 2 heterocycles. The summed E-state index contributed by atoms with van der Waals surface area (Å²) in [4.78, 5) is 55.5. The Bertz CT molecular complexity index is 1180. The maximum absolute atomic E-state index is 13.5. The number of hydrogen-bond donors (Lipinski definition) is 0. The second-order valence-electron chi connectivity index (χ2n) is 15.5. The lowest BCUT2D eigenvalue weighted by atomic mass is 10.0. The number of carbonyl (C=O) groups excluding carboxylic acids is 4. The van der Waals surface area contributed by atoms with E-state index in [9.17, 15) is 19.2 Å². The molecule has 2 aliphatic rings. The molecule has 2 aliphatic heterocycles. The maximum Gasteiger partial charge on any atom is 0.261 e. The molecule has 6 heteroatoms. The SMILES string of the molecule is CCCCCCCCCCCCCCCCC1=CC(=O)N(c2ccccc2N2C(=O)C=C(CCCCCCCCCCCCCCCC)C2=O)C1=O. The van der Waals surface area contributed by atoms with Crippen LogP contribution in [-0.2, 0) is 19.2 Å². The van der Waals surface area contributed by atoms with E-state index in [4.69, 9.17) is 0 Å². The minimum absolute atomic E-state index is 0.289. The first-order valence-electron chi connectivity index (χ1n) is 21.8. The van der Waals surface area contributed by atoms with Gasteiger partial charge in [0.25, 0.3) is 23.6 Å². The Balaban J connectivity index is 1.33. The predicted molar refractivity (Wildman–Crippen MR) is 217 cm³/mol. The fourth-order valence-corrected chi connectivity index (χ4v) is 7.71. The van der Waals surface area contributed by atoms with Crippen molar-refractivity contribution in [2.24, 2.45) is 0 Å². The minimum atomic E-state index is -0.410. The zero-order valence-electron chi connectivity index (χ0n) is 33.2. The lowest BCUT2D eigenvalue weighted by Crippen LogP contribution is -2.36. The number of para-hydroxylation sites is 2. The molecule has 0 atom stereocenters. The van der Waals surface area contributed by atoms with Gasteiger partial charge >= 0.3 is 0 Å². The van der Waals surface area contributed by atoms with Gasteiger partial charge in [-0.1, -0.05) is 193 Å². The third-order valence-electron chi connectivity index (χ3n) is 11.0. The number of hydrogen-bond acceptors (Lipinski definition) is 4. The lowest BCUT2D eigenvalue weighted by Gasteiger charge is -2.23. The largest absolute Gasteiger partial charge is 0.269 e. The van der Waals surface area contributed by atoms with Gasteiger partial charge in [0.2, 0.25) is 0 Å². The molecule has 0 aliphatic carbocycles. The van der Waals surface area contributed by atoms with E-state index < -0.39 is 11.8 Å². The van der Waals surface area contributed by atoms with Crippen LogP contribution in [0.5, 0.6) is 0 Å². The first kappa shape index (κ1) is 43.4. The van der Waals surface area contributed by atoms with Crippen LogP contribution >= 0.6 is 0 Å². The van der Waals surface area contributed by atoms with Crippen molar-refractivity contribution in [2.75, 3.05) is 9.80 Å². The fourth-order valence-electron chi connectivity index (χ4n) is 7.71. The van der Waals surface area contributed by atoms with E-state index in [0.29, 0.717) is 24.0 Å². The normalized spacial score (nSPS) is 14.7. The van der Waals surface area contributed by atoms with Gasteiger partial charge in [-0.05, 0) is 37.8 Å². The molecule has 4 amide bonds. The molecule has 0 aromatic heterocycles. The molecule has 6 nitrogen and oxygen atoms in total. The van der Waals surface area contributed by atoms with Gasteiger partial charge in [-0.3, -0.25) is 19.2 Å². The number of unbranched alkanes of at least 4 members (excludes halogenated alkanes) is 26. The van der Waals surface area contributed by atoms with E-state index in [0.717, 1.165) is 48.3 Å². The monoisotopic (exact) mass is 717 g/mol. The number of benzene rings is 1. The summed E-state index contributed by atoms with van der Waals surface area (Å²) in [6, 6.07) is 6.78. The summed E-state index contributed by atoms with van der Waals surface area (Å²) in [7, 11) is 0. The van der Waals surface area contributed by atoms with Gasteiger partial charge < -0.3 is 0 Å². The molecule has 0 bridgehead atoms. The standard InChI is InChI=1S/C46H72N2O4/c1-3-5-7-9-11-13-15-17-19-21-23-25-27-29-33-39-37-43(49)47(45(39)51)41-35-31-32-36-42(41)48-44(50)38-40(46(48)52)34-30-28-26-24-22-20-18-16-14-12-10-8-6-4-2/h31-32,35-38H,3-30,33-34H2,1-2H3. The molecule has 1 aromatic carbocycles. The number of imide groups is 2. The summed E-state index contributed by atoms with van der Waals surface area (Å²) < 4.78 is 0. The Morgan fingerprint density at radius 2 is 0.615 bits per heavy atom. The summed E-state index contributed by atoms with van der Waals surface area (Å²) in [5.41, 5.74) is 1.60. The molecule has 0 radical (unpaired) electrons.